The van der Waals surface area contributed by atoms with Crippen molar-refractivity contribution >= 4 is 18.3 Å². The molecule has 0 aliphatic heterocycles. The van der Waals surface area contributed by atoms with E-state index in [1.54, 1.807) is 13.8 Å². The Kier molecular flexibility index (Phi) is 8.16. The fraction of sp³-hybridized carbons (Fsp3) is 0.500. The molecule has 1 unspecified atom stereocenters. The number of hydrogen-bond acceptors (Lipinski definition) is 5. The van der Waals surface area contributed by atoms with Crippen molar-refractivity contribution in [3.63, 3.8) is 0 Å². The monoisotopic (exact) mass is 258 g/mol. The van der Waals surface area contributed by atoms with Crippen molar-refractivity contribution < 1.29 is 19.4 Å². The molecule has 0 saturated carbocycles. The summed E-state index contributed by atoms with van der Waals surface area (Å²) in [5, 5.41) is 13.6. The van der Waals surface area contributed by atoms with E-state index in [0.717, 1.165) is 12.4 Å². The summed E-state index contributed by atoms with van der Waals surface area (Å²) < 4.78 is 4.78. The number of carbonyl (C=O) groups excluding carboxylic acids is 2. The van der Waals surface area contributed by atoms with Gasteiger partial charge in [-0.15, -0.1) is 0 Å². The summed E-state index contributed by atoms with van der Waals surface area (Å²) in [5.74, 6) is -0.485. The van der Waals surface area contributed by atoms with Crippen molar-refractivity contribution in [2.24, 2.45) is 10.7 Å². The number of nitrogens with zero attached hydrogens (tertiary/aromatic N) is 1. The van der Waals surface area contributed by atoms with Crippen molar-refractivity contribution in [2.45, 2.75) is 20.1 Å². The lowest BCUT2D eigenvalue weighted by Gasteiger charge is -2.09. The van der Waals surface area contributed by atoms with Crippen LogP contribution in [-0.2, 0) is 9.53 Å². The maximum atomic E-state index is 11.1. The molecule has 0 aromatic heterocycles. The zero-order valence-electron chi connectivity index (χ0n) is 10.3. The van der Waals surface area contributed by atoms with Crippen LogP contribution < -0.4 is 16.4 Å². The highest BCUT2D eigenvalue weighted by atomic mass is 16.6. The summed E-state index contributed by atoms with van der Waals surface area (Å²) in [5.41, 5.74) is 5.61. The minimum atomic E-state index is -1.08. The zero-order valence-corrected chi connectivity index (χ0v) is 10.3. The van der Waals surface area contributed by atoms with Crippen LogP contribution in [0.4, 0.5) is 4.79 Å². The van der Waals surface area contributed by atoms with Gasteiger partial charge in [-0.2, -0.15) is 4.99 Å². The Morgan fingerprint density at radius 3 is 2.78 bits per heavy atom. The number of aliphatic imine (C=N–C) groups is 1. The van der Waals surface area contributed by atoms with Gasteiger partial charge < -0.3 is 26.2 Å². The van der Waals surface area contributed by atoms with Gasteiger partial charge in [-0.05, 0) is 13.8 Å². The smallest absolute Gasteiger partial charge is 0.342 e. The largest absolute Gasteiger partial charge is 0.402 e. The first-order chi connectivity index (χ1) is 8.45. The summed E-state index contributed by atoms with van der Waals surface area (Å²) in [6, 6.07) is -0.706. The van der Waals surface area contributed by atoms with E-state index < -0.39 is 18.2 Å². The number of amides is 3. The Morgan fingerprint density at radius 1 is 1.56 bits per heavy atom. The second kappa shape index (κ2) is 9.14. The molecule has 0 aliphatic carbocycles. The van der Waals surface area contributed by atoms with Gasteiger partial charge in [0.25, 0.3) is 5.91 Å². The van der Waals surface area contributed by atoms with Crippen molar-refractivity contribution in [3.05, 3.63) is 11.8 Å². The van der Waals surface area contributed by atoms with Crippen molar-refractivity contribution in [3.8, 4) is 0 Å². The average molecular weight is 258 g/mol. The maximum absolute atomic E-state index is 11.1. The molecule has 0 radical (unpaired) electrons. The van der Waals surface area contributed by atoms with Crippen molar-refractivity contribution in [1.82, 2.24) is 10.6 Å². The molecular weight excluding hydrogens is 240 g/mol. The number of nitrogens with two attached hydrogens (primary N) is 1. The van der Waals surface area contributed by atoms with E-state index in [0.29, 0.717) is 12.3 Å². The molecule has 8 heteroatoms. The molecular formula is C10H18N4O4. The van der Waals surface area contributed by atoms with E-state index in [-0.39, 0.29) is 6.54 Å². The summed E-state index contributed by atoms with van der Waals surface area (Å²) in [4.78, 5) is 25.5. The number of hydrogen-bond donors (Lipinski definition) is 4. The highest BCUT2D eigenvalue weighted by molar-refractivity contribution is 5.98. The molecule has 0 aliphatic rings. The molecule has 0 spiro atoms. The van der Waals surface area contributed by atoms with Crippen LogP contribution in [0.1, 0.15) is 13.8 Å². The lowest BCUT2D eigenvalue weighted by molar-refractivity contribution is -0.115. The van der Waals surface area contributed by atoms with Gasteiger partial charge in [0, 0.05) is 18.4 Å². The number of ether oxygens (including phenoxy) is 1. The molecule has 102 valence electrons. The Hall–Kier alpha value is -1.93. The maximum Gasteiger partial charge on any atom is 0.342 e. The molecule has 0 bridgehead atoms. The summed E-state index contributed by atoms with van der Waals surface area (Å²) in [6.45, 7) is 3.52. The van der Waals surface area contributed by atoms with Crippen LogP contribution in [0.3, 0.4) is 0 Å². The summed E-state index contributed by atoms with van der Waals surface area (Å²) >= 11 is 0. The third kappa shape index (κ3) is 9.31. The van der Waals surface area contributed by atoms with Crippen LogP contribution in [0.15, 0.2) is 16.8 Å². The fourth-order valence-corrected chi connectivity index (χ4v) is 0.875. The number of rotatable bonds is 6. The number of carbonyl (C=O) groups is 2. The molecule has 0 aromatic carbocycles. The van der Waals surface area contributed by atoms with E-state index in [1.165, 1.54) is 0 Å². The first-order valence-electron chi connectivity index (χ1n) is 5.30. The third-order valence-corrected chi connectivity index (χ3v) is 1.53. The van der Waals surface area contributed by atoms with Gasteiger partial charge in [-0.1, -0.05) is 0 Å². The molecule has 0 fully saturated rings. The normalized spacial score (nSPS) is 13.4. The minimum absolute atomic E-state index is 0.0836. The van der Waals surface area contributed by atoms with E-state index in [4.69, 9.17) is 15.6 Å². The Morgan fingerprint density at radius 2 is 2.22 bits per heavy atom. The van der Waals surface area contributed by atoms with Gasteiger partial charge in [0.15, 0.2) is 6.29 Å². The highest BCUT2D eigenvalue weighted by Gasteiger charge is 2.04. The SMILES string of the molecule is CCOC(O)CNC(=O)/N=C/NC(=O)/C=C(/C)N. The van der Waals surface area contributed by atoms with E-state index in [1.807, 2.05) is 0 Å². The lowest BCUT2D eigenvalue weighted by atomic mass is 10.4. The van der Waals surface area contributed by atoms with E-state index in [2.05, 4.69) is 15.6 Å². The van der Waals surface area contributed by atoms with Crippen LogP contribution in [0, 0.1) is 0 Å². The number of aliphatic hydroxyl groups excluding tert-OH is 1. The quantitative estimate of drug-likeness (QED) is 0.212. The molecule has 5 N–H and O–H groups in total. The van der Waals surface area contributed by atoms with E-state index in [9.17, 15) is 9.59 Å². The zero-order chi connectivity index (χ0) is 14.0. The summed E-state index contributed by atoms with van der Waals surface area (Å²) in [6.07, 6.45) is 1.01. The molecule has 18 heavy (non-hydrogen) atoms. The first-order valence-corrected chi connectivity index (χ1v) is 5.30. The van der Waals surface area contributed by atoms with Crippen LogP contribution in [0.5, 0.6) is 0 Å². The molecule has 1 atom stereocenters. The van der Waals surface area contributed by atoms with Gasteiger partial charge in [0.05, 0.1) is 6.54 Å². The predicted octanol–water partition coefficient (Wildman–Crippen LogP) is -0.942. The molecule has 0 saturated heterocycles. The van der Waals surface area contributed by atoms with Gasteiger partial charge in [0.1, 0.15) is 6.34 Å². The number of urea groups is 1. The molecule has 3 amide bonds. The van der Waals surface area contributed by atoms with Crippen LogP contribution >= 0.6 is 0 Å². The minimum Gasteiger partial charge on any atom is -0.402 e. The van der Waals surface area contributed by atoms with Crippen LogP contribution in [-0.4, -0.2) is 42.8 Å². The molecule has 0 rings (SSSR count). The van der Waals surface area contributed by atoms with Crippen molar-refractivity contribution in [2.75, 3.05) is 13.2 Å². The summed E-state index contributed by atoms with van der Waals surface area (Å²) in [7, 11) is 0. The van der Waals surface area contributed by atoms with Crippen LogP contribution in [0.25, 0.3) is 0 Å². The average Bonchev–Trinajstić information content (AvgIpc) is 2.25. The first kappa shape index (κ1) is 16.1. The second-order valence-electron chi connectivity index (χ2n) is 3.25. The van der Waals surface area contributed by atoms with E-state index >= 15 is 0 Å². The number of aliphatic hydroxyl groups is 1. The van der Waals surface area contributed by atoms with Gasteiger partial charge >= 0.3 is 6.03 Å². The van der Waals surface area contributed by atoms with Gasteiger partial charge in [-0.3, -0.25) is 4.79 Å². The molecule has 8 nitrogen and oxygen atoms in total. The topological polar surface area (TPSA) is 126 Å². The Balaban J connectivity index is 3.88. The highest BCUT2D eigenvalue weighted by Crippen LogP contribution is 1.84. The third-order valence-electron chi connectivity index (χ3n) is 1.53. The van der Waals surface area contributed by atoms with Crippen molar-refractivity contribution in [1.29, 1.82) is 0 Å². The van der Waals surface area contributed by atoms with Crippen LogP contribution in [0.2, 0.25) is 0 Å². The Bertz CT molecular complexity index is 337. The molecule has 0 aromatic rings. The standard InChI is InChI=1S/C10H18N4O4/c1-3-18-9(16)5-12-10(17)14-6-13-8(15)4-7(2)11/h4,6,9,16H,3,5,11H2,1-2H3,(H2,12,13,14,15,17)/b7-4-. The Labute approximate surface area is 105 Å². The van der Waals surface area contributed by atoms with Gasteiger partial charge in [0.2, 0.25) is 0 Å². The number of allylic oxidation sites excluding steroid dienone is 1. The number of nitrogens with one attached hydrogen (secondary N) is 2. The fourth-order valence-electron chi connectivity index (χ4n) is 0.875. The predicted molar refractivity (Wildman–Crippen MR) is 65.6 cm³/mol. The van der Waals surface area contributed by atoms with Gasteiger partial charge in [-0.25, -0.2) is 4.79 Å². The lowest BCUT2D eigenvalue weighted by Crippen LogP contribution is -2.32. The second-order valence-corrected chi connectivity index (χ2v) is 3.25. The molecule has 0 heterocycles.